The third-order valence-electron chi connectivity index (χ3n) is 3.97. The number of hydrogen-bond acceptors (Lipinski definition) is 2. The molecule has 1 saturated carbocycles. The summed E-state index contributed by atoms with van der Waals surface area (Å²) in [5.41, 5.74) is 6.40. The van der Waals surface area contributed by atoms with Crippen molar-refractivity contribution in [1.82, 2.24) is 4.90 Å². The summed E-state index contributed by atoms with van der Waals surface area (Å²) in [7, 11) is 2.21. The summed E-state index contributed by atoms with van der Waals surface area (Å²) in [5, 5.41) is 0. The van der Waals surface area contributed by atoms with Crippen LogP contribution in [0.15, 0.2) is 0 Å². The minimum atomic E-state index is 0.489. The van der Waals surface area contributed by atoms with E-state index in [0.29, 0.717) is 11.5 Å². The minimum Gasteiger partial charge on any atom is -0.330 e. The maximum atomic E-state index is 5.91. The van der Waals surface area contributed by atoms with E-state index in [9.17, 15) is 0 Å². The Morgan fingerprint density at radius 3 is 2.29 bits per heavy atom. The van der Waals surface area contributed by atoms with Crippen molar-refractivity contribution in [2.24, 2.45) is 11.1 Å². The fourth-order valence-corrected chi connectivity index (χ4v) is 2.35. The third kappa shape index (κ3) is 2.96. The number of hydrogen-bond donors (Lipinski definition) is 1. The lowest BCUT2D eigenvalue weighted by molar-refractivity contribution is 0.198. The van der Waals surface area contributed by atoms with E-state index in [0.717, 1.165) is 6.54 Å². The molecule has 0 spiro atoms. The molecule has 1 aliphatic carbocycles. The molecule has 0 aromatic rings. The molecule has 1 fully saturated rings. The van der Waals surface area contributed by atoms with Crippen molar-refractivity contribution in [3.05, 3.63) is 0 Å². The van der Waals surface area contributed by atoms with Gasteiger partial charge in [-0.2, -0.15) is 0 Å². The monoisotopic (exact) mass is 198 g/mol. The molecule has 0 aromatic carbocycles. The Hall–Kier alpha value is -0.0800. The zero-order valence-corrected chi connectivity index (χ0v) is 10.1. The van der Waals surface area contributed by atoms with Crippen LogP contribution in [0, 0.1) is 5.41 Å². The largest absolute Gasteiger partial charge is 0.330 e. The average Bonchev–Trinajstić information content (AvgIpc) is 2.63. The molecular weight excluding hydrogens is 172 g/mol. The standard InChI is InChI=1S/C12H26N2/c1-11(2)14(3)9-8-12(10-13)6-4-5-7-12/h11H,4-10,13H2,1-3H3. The Kier molecular flexibility index (Phi) is 4.39. The van der Waals surface area contributed by atoms with Crippen LogP contribution in [0.4, 0.5) is 0 Å². The first-order chi connectivity index (χ1) is 6.59. The van der Waals surface area contributed by atoms with Crippen molar-refractivity contribution in [1.29, 1.82) is 0 Å². The molecule has 0 bridgehead atoms. The molecule has 0 heterocycles. The molecule has 0 aromatic heterocycles. The summed E-state index contributed by atoms with van der Waals surface area (Å²) in [6, 6.07) is 0.659. The average molecular weight is 198 g/mol. The molecule has 0 aliphatic heterocycles. The highest BCUT2D eigenvalue weighted by molar-refractivity contribution is 4.86. The van der Waals surface area contributed by atoms with Gasteiger partial charge in [0.05, 0.1) is 0 Å². The van der Waals surface area contributed by atoms with E-state index in [4.69, 9.17) is 5.73 Å². The summed E-state index contributed by atoms with van der Waals surface area (Å²) >= 11 is 0. The van der Waals surface area contributed by atoms with Crippen LogP contribution in [-0.2, 0) is 0 Å². The number of rotatable bonds is 5. The quantitative estimate of drug-likeness (QED) is 0.734. The summed E-state index contributed by atoms with van der Waals surface area (Å²) in [6.45, 7) is 6.60. The fourth-order valence-electron chi connectivity index (χ4n) is 2.35. The maximum Gasteiger partial charge on any atom is 0.00355 e. The summed E-state index contributed by atoms with van der Waals surface area (Å²) < 4.78 is 0. The maximum absolute atomic E-state index is 5.91. The smallest absolute Gasteiger partial charge is 0.00355 e. The van der Waals surface area contributed by atoms with Crippen LogP contribution in [0.25, 0.3) is 0 Å². The predicted molar refractivity (Wildman–Crippen MR) is 62.3 cm³/mol. The van der Waals surface area contributed by atoms with Crippen LogP contribution >= 0.6 is 0 Å². The normalized spacial score (nSPS) is 21.0. The molecule has 84 valence electrons. The molecule has 0 atom stereocenters. The van der Waals surface area contributed by atoms with Gasteiger partial charge in [-0.3, -0.25) is 0 Å². The van der Waals surface area contributed by atoms with Gasteiger partial charge < -0.3 is 10.6 Å². The van der Waals surface area contributed by atoms with Crippen molar-refractivity contribution in [3.63, 3.8) is 0 Å². The molecule has 1 aliphatic rings. The van der Waals surface area contributed by atoms with Crippen LogP contribution in [0.5, 0.6) is 0 Å². The van der Waals surface area contributed by atoms with Crippen LogP contribution in [0.1, 0.15) is 46.0 Å². The molecule has 0 unspecified atom stereocenters. The van der Waals surface area contributed by atoms with Crippen molar-refractivity contribution < 1.29 is 0 Å². The zero-order valence-electron chi connectivity index (χ0n) is 10.1. The summed E-state index contributed by atoms with van der Waals surface area (Å²) in [5.74, 6) is 0. The van der Waals surface area contributed by atoms with Gasteiger partial charge in [0, 0.05) is 6.04 Å². The van der Waals surface area contributed by atoms with Gasteiger partial charge in [-0.25, -0.2) is 0 Å². The first kappa shape index (κ1) is 12.0. The zero-order chi connectivity index (χ0) is 10.6. The summed E-state index contributed by atoms with van der Waals surface area (Å²) in [6.07, 6.45) is 6.79. The molecule has 0 amide bonds. The van der Waals surface area contributed by atoms with Crippen molar-refractivity contribution in [2.75, 3.05) is 20.1 Å². The van der Waals surface area contributed by atoms with Gasteiger partial charge in [-0.1, -0.05) is 12.8 Å². The van der Waals surface area contributed by atoms with Crippen LogP contribution in [-0.4, -0.2) is 31.1 Å². The first-order valence-electron chi connectivity index (χ1n) is 6.00. The Labute approximate surface area is 88.8 Å². The SMILES string of the molecule is CC(C)N(C)CCC1(CN)CCCC1. The van der Waals surface area contributed by atoms with E-state index in [1.54, 1.807) is 0 Å². The Morgan fingerprint density at radius 2 is 1.86 bits per heavy atom. The molecule has 0 saturated heterocycles. The molecule has 0 radical (unpaired) electrons. The lowest BCUT2D eigenvalue weighted by atomic mass is 9.82. The van der Waals surface area contributed by atoms with Crippen molar-refractivity contribution in [3.8, 4) is 0 Å². The lowest BCUT2D eigenvalue weighted by Gasteiger charge is -2.31. The fraction of sp³-hybridized carbons (Fsp3) is 1.00. The van der Waals surface area contributed by atoms with Crippen LogP contribution in [0.3, 0.4) is 0 Å². The highest BCUT2D eigenvalue weighted by Gasteiger charge is 2.32. The van der Waals surface area contributed by atoms with E-state index < -0.39 is 0 Å². The van der Waals surface area contributed by atoms with E-state index in [-0.39, 0.29) is 0 Å². The second kappa shape index (κ2) is 5.13. The van der Waals surface area contributed by atoms with Gasteiger partial charge in [0.2, 0.25) is 0 Å². The van der Waals surface area contributed by atoms with Gasteiger partial charge >= 0.3 is 0 Å². The van der Waals surface area contributed by atoms with Crippen molar-refractivity contribution >= 4 is 0 Å². The molecule has 2 N–H and O–H groups in total. The molecule has 1 rings (SSSR count). The van der Waals surface area contributed by atoms with Crippen molar-refractivity contribution in [2.45, 2.75) is 52.0 Å². The lowest BCUT2D eigenvalue weighted by Crippen LogP contribution is -2.34. The highest BCUT2D eigenvalue weighted by atomic mass is 15.1. The Balaban J connectivity index is 2.34. The van der Waals surface area contributed by atoms with Gasteiger partial charge in [-0.05, 0) is 58.7 Å². The third-order valence-corrected chi connectivity index (χ3v) is 3.97. The van der Waals surface area contributed by atoms with E-state index in [2.05, 4.69) is 25.8 Å². The highest BCUT2D eigenvalue weighted by Crippen LogP contribution is 2.40. The van der Waals surface area contributed by atoms with Gasteiger partial charge in [0.15, 0.2) is 0 Å². The Bertz CT molecular complexity index is 160. The topological polar surface area (TPSA) is 29.3 Å². The number of nitrogens with zero attached hydrogens (tertiary/aromatic N) is 1. The summed E-state index contributed by atoms with van der Waals surface area (Å²) in [4.78, 5) is 2.43. The predicted octanol–water partition coefficient (Wildman–Crippen LogP) is 2.24. The second-order valence-electron chi connectivity index (χ2n) is 5.24. The second-order valence-corrected chi connectivity index (χ2v) is 5.24. The first-order valence-corrected chi connectivity index (χ1v) is 6.00. The van der Waals surface area contributed by atoms with E-state index in [1.807, 2.05) is 0 Å². The molecular formula is C12H26N2. The minimum absolute atomic E-state index is 0.489. The molecule has 2 heteroatoms. The van der Waals surface area contributed by atoms with E-state index in [1.165, 1.54) is 38.6 Å². The molecule has 2 nitrogen and oxygen atoms in total. The van der Waals surface area contributed by atoms with Gasteiger partial charge in [0.1, 0.15) is 0 Å². The van der Waals surface area contributed by atoms with E-state index >= 15 is 0 Å². The van der Waals surface area contributed by atoms with Crippen LogP contribution in [0.2, 0.25) is 0 Å². The van der Waals surface area contributed by atoms with Gasteiger partial charge in [-0.15, -0.1) is 0 Å². The van der Waals surface area contributed by atoms with Gasteiger partial charge in [0.25, 0.3) is 0 Å². The molecule has 14 heavy (non-hydrogen) atoms. The number of nitrogens with two attached hydrogens (primary N) is 1. The Morgan fingerprint density at radius 1 is 1.29 bits per heavy atom. The van der Waals surface area contributed by atoms with Crippen LogP contribution < -0.4 is 5.73 Å².